The number of hydrogen-bond acceptors (Lipinski definition) is 5. The number of carbonyl (C=O) groups is 1. The molecular formula is C23H20N4O4. The number of amides is 1. The molecule has 4 rings (SSSR count). The van der Waals surface area contributed by atoms with Crippen LogP contribution in [0.4, 0.5) is 5.69 Å². The molecule has 1 atom stereocenters. The van der Waals surface area contributed by atoms with E-state index in [0.717, 1.165) is 10.1 Å². The Kier molecular flexibility index (Phi) is 5.61. The first-order valence-electron chi connectivity index (χ1n) is 9.66. The van der Waals surface area contributed by atoms with Crippen molar-refractivity contribution >= 4 is 22.5 Å². The number of H-pyrrole nitrogens is 1. The highest BCUT2D eigenvalue weighted by molar-refractivity contribution is 5.95. The Morgan fingerprint density at radius 2 is 1.81 bits per heavy atom. The van der Waals surface area contributed by atoms with E-state index in [2.05, 4.69) is 15.3 Å². The molecule has 156 valence electrons. The molecule has 8 heteroatoms. The van der Waals surface area contributed by atoms with E-state index in [-0.39, 0.29) is 12.3 Å². The molecule has 8 nitrogen and oxygen atoms in total. The van der Waals surface area contributed by atoms with Gasteiger partial charge in [0.25, 0.3) is 5.56 Å². The Labute approximate surface area is 177 Å². The molecule has 0 spiro atoms. The Bertz CT molecular complexity index is 1350. The Hall–Kier alpha value is -4.20. The summed E-state index contributed by atoms with van der Waals surface area (Å²) < 4.78 is 6.16. The number of anilines is 1. The molecule has 0 bridgehead atoms. The maximum Gasteiger partial charge on any atom is 0.329 e. The number of aromatic nitrogens is 3. The quantitative estimate of drug-likeness (QED) is 0.502. The predicted molar refractivity (Wildman–Crippen MR) is 117 cm³/mol. The highest BCUT2D eigenvalue weighted by atomic mass is 16.5. The van der Waals surface area contributed by atoms with E-state index in [4.69, 9.17) is 4.74 Å². The first-order chi connectivity index (χ1) is 15.1. The molecule has 2 aromatic carbocycles. The first-order valence-corrected chi connectivity index (χ1v) is 9.66. The Morgan fingerprint density at radius 1 is 1.06 bits per heavy atom. The van der Waals surface area contributed by atoms with E-state index in [9.17, 15) is 14.4 Å². The summed E-state index contributed by atoms with van der Waals surface area (Å²) in [4.78, 5) is 46.1. The van der Waals surface area contributed by atoms with E-state index in [1.165, 1.54) is 13.3 Å². The largest absolute Gasteiger partial charge is 0.480 e. The molecule has 4 aromatic rings. The van der Waals surface area contributed by atoms with Crippen LogP contribution >= 0.6 is 0 Å². The zero-order valence-corrected chi connectivity index (χ0v) is 16.7. The third kappa shape index (κ3) is 4.09. The maximum absolute atomic E-state index is 13.3. The first kappa shape index (κ1) is 20.1. The number of fused-ring (bicyclic) bond motifs is 1. The van der Waals surface area contributed by atoms with Crippen LogP contribution in [-0.4, -0.2) is 27.6 Å². The third-order valence-corrected chi connectivity index (χ3v) is 4.95. The fraction of sp³-hybridized carbons (Fsp3) is 0.130. The topological polar surface area (TPSA) is 106 Å². The lowest BCUT2D eigenvalue weighted by Crippen LogP contribution is -2.43. The summed E-state index contributed by atoms with van der Waals surface area (Å²) in [6.45, 7) is 0. The number of aromatic amines is 1. The number of rotatable bonds is 6. The molecule has 0 saturated carbocycles. The second-order valence-electron chi connectivity index (χ2n) is 6.91. The molecular weight excluding hydrogens is 396 g/mol. The molecule has 0 aliphatic rings. The van der Waals surface area contributed by atoms with Crippen molar-refractivity contribution in [3.63, 3.8) is 0 Å². The van der Waals surface area contributed by atoms with Crippen LogP contribution in [0.5, 0.6) is 5.88 Å². The summed E-state index contributed by atoms with van der Waals surface area (Å²) in [6, 6.07) is 18.1. The SMILES string of the molecule is COc1ncccc1NC(=O)C(Cc1ccccc1)n1c(=O)[nH]c2ccccc2c1=O. The highest BCUT2D eigenvalue weighted by Crippen LogP contribution is 2.22. The minimum absolute atomic E-state index is 0.149. The van der Waals surface area contributed by atoms with Gasteiger partial charge < -0.3 is 15.0 Å². The molecule has 0 fully saturated rings. The van der Waals surface area contributed by atoms with Crippen LogP contribution in [0.3, 0.4) is 0 Å². The van der Waals surface area contributed by atoms with Gasteiger partial charge in [-0.05, 0) is 29.8 Å². The lowest BCUT2D eigenvalue weighted by molar-refractivity contribution is -0.119. The number of benzene rings is 2. The second-order valence-corrected chi connectivity index (χ2v) is 6.91. The summed E-state index contributed by atoms with van der Waals surface area (Å²) in [5.74, 6) is -0.299. The van der Waals surface area contributed by atoms with Gasteiger partial charge in [0.15, 0.2) is 0 Å². The van der Waals surface area contributed by atoms with Crippen LogP contribution in [0.2, 0.25) is 0 Å². The van der Waals surface area contributed by atoms with Crippen molar-refractivity contribution < 1.29 is 9.53 Å². The molecule has 1 unspecified atom stereocenters. The van der Waals surface area contributed by atoms with Gasteiger partial charge in [0.1, 0.15) is 11.7 Å². The Balaban J connectivity index is 1.82. The minimum atomic E-state index is -1.09. The second kappa shape index (κ2) is 8.66. The molecule has 1 amide bonds. The zero-order valence-electron chi connectivity index (χ0n) is 16.7. The van der Waals surface area contributed by atoms with Gasteiger partial charge in [-0.15, -0.1) is 0 Å². The van der Waals surface area contributed by atoms with E-state index in [0.29, 0.717) is 16.6 Å². The van der Waals surface area contributed by atoms with Gasteiger partial charge in [-0.1, -0.05) is 42.5 Å². The van der Waals surface area contributed by atoms with E-state index >= 15 is 0 Å². The highest BCUT2D eigenvalue weighted by Gasteiger charge is 2.26. The zero-order chi connectivity index (χ0) is 21.8. The average Bonchev–Trinajstić information content (AvgIpc) is 2.79. The third-order valence-electron chi connectivity index (χ3n) is 4.95. The minimum Gasteiger partial charge on any atom is -0.480 e. The lowest BCUT2D eigenvalue weighted by Gasteiger charge is -2.20. The van der Waals surface area contributed by atoms with Gasteiger partial charge in [0, 0.05) is 12.6 Å². The van der Waals surface area contributed by atoms with Crippen molar-refractivity contribution in [1.82, 2.24) is 14.5 Å². The van der Waals surface area contributed by atoms with Crippen LogP contribution in [0.15, 0.2) is 82.5 Å². The van der Waals surface area contributed by atoms with Crippen molar-refractivity contribution in [2.45, 2.75) is 12.5 Å². The van der Waals surface area contributed by atoms with Gasteiger partial charge in [0.2, 0.25) is 11.8 Å². The van der Waals surface area contributed by atoms with Crippen LogP contribution < -0.4 is 21.3 Å². The van der Waals surface area contributed by atoms with Crippen molar-refractivity contribution in [3.05, 3.63) is 99.3 Å². The van der Waals surface area contributed by atoms with Crippen molar-refractivity contribution in [2.75, 3.05) is 12.4 Å². The van der Waals surface area contributed by atoms with Crippen molar-refractivity contribution in [2.24, 2.45) is 0 Å². The number of ether oxygens (including phenoxy) is 1. The monoisotopic (exact) mass is 416 g/mol. The van der Waals surface area contributed by atoms with Crippen LogP contribution in [0.25, 0.3) is 10.9 Å². The lowest BCUT2D eigenvalue weighted by atomic mass is 10.0. The van der Waals surface area contributed by atoms with E-state index in [1.807, 2.05) is 30.3 Å². The molecule has 0 saturated heterocycles. The summed E-state index contributed by atoms with van der Waals surface area (Å²) in [5.41, 5.74) is 0.381. The molecule has 31 heavy (non-hydrogen) atoms. The fourth-order valence-corrected chi connectivity index (χ4v) is 3.46. The van der Waals surface area contributed by atoms with Crippen molar-refractivity contribution in [3.8, 4) is 5.88 Å². The fourth-order valence-electron chi connectivity index (χ4n) is 3.46. The molecule has 2 N–H and O–H groups in total. The van der Waals surface area contributed by atoms with Crippen LogP contribution in [0, 0.1) is 0 Å². The number of methoxy groups -OCH3 is 1. The molecule has 2 aromatic heterocycles. The van der Waals surface area contributed by atoms with Gasteiger partial charge in [-0.25, -0.2) is 14.3 Å². The number of hydrogen-bond donors (Lipinski definition) is 2. The number of para-hydroxylation sites is 1. The molecule has 0 aliphatic carbocycles. The maximum atomic E-state index is 13.3. The van der Waals surface area contributed by atoms with E-state index in [1.54, 1.807) is 36.4 Å². The van der Waals surface area contributed by atoms with Gasteiger partial charge in [-0.2, -0.15) is 0 Å². The standard InChI is InChI=1S/C23H20N4O4/c1-31-21-18(12-7-13-24-21)25-20(28)19(14-15-8-3-2-4-9-15)27-22(29)16-10-5-6-11-17(16)26-23(27)30/h2-13,19H,14H2,1H3,(H,25,28)(H,26,30). The molecule has 0 radical (unpaired) electrons. The number of pyridine rings is 1. The van der Waals surface area contributed by atoms with Gasteiger partial charge in [-0.3, -0.25) is 9.59 Å². The number of carbonyl (C=O) groups excluding carboxylic acids is 1. The molecule has 2 heterocycles. The summed E-state index contributed by atoms with van der Waals surface area (Å²) >= 11 is 0. The smallest absolute Gasteiger partial charge is 0.329 e. The average molecular weight is 416 g/mol. The number of nitrogens with zero attached hydrogens (tertiary/aromatic N) is 2. The van der Waals surface area contributed by atoms with Gasteiger partial charge in [0.05, 0.1) is 18.0 Å². The summed E-state index contributed by atoms with van der Waals surface area (Å²) in [6.07, 6.45) is 1.69. The van der Waals surface area contributed by atoms with Gasteiger partial charge >= 0.3 is 5.69 Å². The van der Waals surface area contributed by atoms with Crippen molar-refractivity contribution in [1.29, 1.82) is 0 Å². The van der Waals surface area contributed by atoms with Crippen LogP contribution in [0.1, 0.15) is 11.6 Å². The van der Waals surface area contributed by atoms with Crippen LogP contribution in [-0.2, 0) is 11.2 Å². The predicted octanol–water partition coefficient (Wildman–Crippen LogP) is 2.52. The normalized spacial score (nSPS) is 11.8. The number of nitrogens with one attached hydrogen (secondary N) is 2. The summed E-state index contributed by atoms with van der Waals surface area (Å²) in [7, 11) is 1.44. The Morgan fingerprint density at radius 3 is 2.58 bits per heavy atom. The van der Waals surface area contributed by atoms with E-state index < -0.39 is 23.2 Å². The molecule has 0 aliphatic heterocycles. The summed E-state index contributed by atoms with van der Waals surface area (Å²) in [5, 5.41) is 3.07.